The van der Waals surface area contributed by atoms with Crippen LogP contribution in [-0.4, -0.2) is 6.85 Å². The fraction of sp³-hybridized carbons (Fsp3) is 0.148. The van der Waals surface area contributed by atoms with E-state index in [-0.39, 0.29) is 17.7 Å². The smallest absolute Gasteiger partial charge is 0.333 e. The van der Waals surface area contributed by atoms with E-state index in [0.29, 0.717) is 0 Å². The summed E-state index contributed by atoms with van der Waals surface area (Å²) in [6.45, 7) is 13.8. The maximum absolute atomic E-state index is 2.65. The lowest BCUT2D eigenvalue weighted by atomic mass is 9.43. The van der Waals surface area contributed by atoms with E-state index in [0.717, 1.165) is 0 Å². The van der Waals surface area contributed by atoms with Crippen molar-refractivity contribution in [1.29, 1.82) is 0 Å². The molecule has 0 aliphatic carbocycles. The molecule has 2 aliphatic heterocycles. The summed E-state index contributed by atoms with van der Waals surface area (Å²) in [5.41, 5.74) is 16.6. The number of hydrogen-bond donors (Lipinski definition) is 0. The molecule has 8 aromatic carbocycles. The molecule has 0 amide bonds. The zero-order chi connectivity index (χ0) is 39.5. The van der Waals surface area contributed by atoms with Gasteiger partial charge in [0.05, 0.1) is 16.1 Å². The first-order valence-electron chi connectivity index (χ1n) is 20.6. The van der Waals surface area contributed by atoms with Gasteiger partial charge in [-0.3, -0.25) is 0 Å². The van der Waals surface area contributed by atoms with Crippen LogP contribution in [0.25, 0.3) is 53.2 Å². The summed E-state index contributed by atoms with van der Waals surface area (Å²) in [7, 11) is 0. The lowest BCUT2D eigenvalue weighted by molar-refractivity contribution is 0.590. The quantitative estimate of drug-likeness (QED) is 0.165. The molecule has 58 heavy (non-hydrogen) atoms. The van der Waals surface area contributed by atoms with Gasteiger partial charge in [-0.05, 0) is 97.2 Å². The maximum atomic E-state index is 2.65. The van der Waals surface area contributed by atoms with Gasteiger partial charge >= 0.3 is 6.85 Å². The van der Waals surface area contributed by atoms with Crippen LogP contribution in [0.2, 0.25) is 0 Å². The van der Waals surface area contributed by atoms with E-state index < -0.39 is 0 Å². The molecule has 0 fully saturated rings. The molecule has 3 heterocycles. The van der Waals surface area contributed by atoms with Gasteiger partial charge in [-0.1, -0.05) is 163 Å². The molecule has 0 atom stereocenters. The molecule has 0 N–H and O–H groups in total. The third-order valence-electron chi connectivity index (χ3n) is 12.5. The van der Waals surface area contributed by atoms with Gasteiger partial charge in [0, 0.05) is 43.7 Å². The molecule has 11 rings (SSSR count). The average Bonchev–Trinajstić information content (AvgIpc) is 3.62. The van der Waals surface area contributed by atoms with Gasteiger partial charge < -0.3 is 9.71 Å². The third-order valence-corrected chi connectivity index (χ3v) is 13.7. The van der Waals surface area contributed by atoms with Crippen molar-refractivity contribution in [3.63, 3.8) is 0 Å². The van der Waals surface area contributed by atoms with Crippen molar-refractivity contribution in [3.8, 4) is 22.3 Å². The van der Waals surface area contributed by atoms with Crippen molar-refractivity contribution in [2.45, 2.75) is 52.4 Å². The van der Waals surface area contributed by atoms with Gasteiger partial charge in [0.15, 0.2) is 0 Å². The minimum atomic E-state index is -0.0696. The number of thiophene rings is 1. The van der Waals surface area contributed by atoms with E-state index in [4.69, 9.17) is 0 Å². The van der Waals surface area contributed by atoms with Crippen molar-refractivity contribution in [2.24, 2.45) is 0 Å². The maximum Gasteiger partial charge on any atom is 0.333 e. The Labute approximate surface area is 346 Å². The van der Waals surface area contributed by atoms with Crippen molar-refractivity contribution in [3.05, 3.63) is 175 Å². The van der Waals surface area contributed by atoms with Crippen LogP contribution in [0.4, 0.5) is 28.4 Å². The Hall–Kier alpha value is -6.10. The fourth-order valence-corrected chi connectivity index (χ4v) is 10.9. The predicted molar refractivity (Wildman–Crippen MR) is 253 cm³/mol. The lowest BCUT2D eigenvalue weighted by Crippen LogP contribution is -2.61. The zero-order valence-corrected chi connectivity index (χ0v) is 34.8. The normalized spacial score (nSPS) is 13.6. The zero-order valence-electron chi connectivity index (χ0n) is 34.0. The summed E-state index contributed by atoms with van der Waals surface area (Å²) in [5.74, 6) is 0. The molecule has 2 nitrogen and oxygen atoms in total. The van der Waals surface area contributed by atoms with Gasteiger partial charge in [-0.15, -0.1) is 11.3 Å². The molecule has 0 radical (unpaired) electrons. The summed E-state index contributed by atoms with van der Waals surface area (Å²) in [6, 6.07) is 62.0. The minimum Gasteiger partial charge on any atom is -0.376 e. The first kappa shape index (κ1) is 35.1. The van der Waals surface area contributed by atoms with Crippen molar-refractivity contribution in [2.75, 3.05) is 9.71 Å². The predicted octanol–water partition coefficient (Wildman–Crippen LogP) is 14.2. The molecule has 0 bridgehead atoms. The number of hydrogen-bond acceptors (Lipinski definition) is 3. The molecule has 0 saturated heterocycles. The Morgan fingerprint density at radius 2 is 1.17 bits per heavy atom. The second-order valence-corrected chi connectivity index (χ2v) is 19.2. The molecule has 280 valence electrons. The first-order chi connectivity index (χ1) is 28.1. The van der Waals surface area contributed by atoms with E-state index in [1.165, 1.54) is 104 Å². The van der Waals surface area contributed by atoms with Gasteiger partial charge in [-0.25, -0.2) is 0 Å². The van der Waals surface area contributed by atoms with Crippen LogP contribution in [0.5, 0.6) is 0 Å². The van der Waals surface area contributed by atoms with Gasteiger partial charge in [0.2, 0.25) is 0 Å². The van der Waals surface area contributed by atoms with Crippen LogP contribution in [0.15, 0.2) is 164 Å². The monoisotopic (exact) mass is 764 g/mol. The van der Waals surface area contributed by atoms with Crippen LogP contribution in [0, 0.1) is 0 Å². The Kier molecular flexibility index (Phi) is 7.69. The summed E-state index contributed by atoms with van der Waals surface area (Å²) >= 11 is 1.92. The number of para-hydroxylation sites is 1. The van der Waals surface area contributed by atoms with Crippen LogP contribution in [0.3, 0.4) is 0 Å². The SMILES string of the molecule is CC(C)(C)c1ccc(N2B3c4ccc5c(sc6ccccc65)c4N(c4ccc(C(C)(C)C)cc4-c4ccccc4)c4cc5ccccc5c(c43)-c3ccccc32)cc1. The van der Waals surface area contributed by atoms with Gasteiger partial charge in [0.25, 0.3) is 0 Å². The van der Waals surface area contributed by atoms with Gasteiger partial charge in [-0.2, -0.15) is 0 Å². The summed E-state index contributed by atoms with van der Waals surface area (Å²) in [4.78, 5) is 5.29. The largest absolute Gasteiger partial charge is 0.376 e. The second-order valence-electron chi connectivity index (χ2n) is 18.2. The number of anilines is 5. The summed E-state index contributed by atoms with van der Waals surface area (Å²) < 4.78 is 2.63. The molecular formula is C54H45BN2S. The number of rotatable bonds is 3. The van der Waals surface area contributed by atoms with E-state index in [1.807, 2.05) is 11.3 Å². The minimum absolute atomic E-state index is 0.0133. The molecule has 0 unspecified atom stereocenters. The van der Waals surface area contributed by atoms with Crippen LogP contribution in [-0.2, 0) is 10.8 Å². The van der Waals surface area contributed by atoms with E-state index in [2.05, 4.69) is 215 Å². The molecular weight excluding hydrogens is 719 g/mol. The van der Waals surface area contributed by atoms with E-state index in [9.17, 15) is 0 Å². The molecule has 4 heteroatoms. The lowest BCUT2D eigenvalue weighted by Gasteiger charge is -2.46. The topological polar surface area (TPSA) is 6.48 Å². The van der Waals surface area contributed by atoms with Crippen molar-refractivity contribution >= 4 is 88.5 Å². The van der Waals surface area contributed by atoms with Crippen LogP contribution < -0.4 is 20.6 Å². The Morgan fingerprint density at radius 1 is 0.500 bits per heavy atom. The third kappa shape index (κ3) is 5.24. The first-order valence-corrected chi connectivity index (χ1v) is 21.4. The van der Waals surface area contributed by atoms with E-state index >= 15 is 0 Å². The van der Waals surface area contributed by atoms with Crippen molar-refractivity contribution < 1.29 is 0 Å². The van der Waals surface area contributed by atoms with Crippen LogP contribution >= 0.6 is 11.3 Å². The van der Waals surface area contributed by atoms with Crippen LogP contribution in [0.1, 0.15) is 52.7 Å². The molecule has 9 aromatic rings. The molecule has 0 spiro atoms. The number of benzene rings is 8. The Morgan fingerprint density at radius 3 is 1.95 bits per heavy atom. The fourth-order valence-electron chi connectivity index (χ4n) is 9.63. The highest BCUT2D eigenvalue weighted by atomic mass is 32.1. The Bertz CT molecular complexity index is 3090. The van der Waals surface area contributed by atoms with E-state index in [1.54, 1.807) is 0 Å². The standard InChI is InChI=1S/C54H45BN2S/c1-53(2,3)36-24-27-38(28-25-36)57-46-22-14-12-21-42(46)49-39-19-11-10-18-35(39)32-47-50(49)55(57)44-30-29-41-40-20-13-15-23-48(40)58-52(41)51(44)56(47)45-31-26-37(54(4,5)6)33-43(45)34-16-8-7-9-17-34/h7-33H,1-6H3. The average molecular weight is 765 g/mol. The number of nitrogens with zero attached hydrogens (tertiary/aromatic N) is 2. The number of fused-ring (bicyclic) bond motifs is 10. The summed E-state index contributed by atoms with van der Waals surface area (Å²) in [6.07, 6.45) is 0. The highest BCUT2D eigenvalue weighted by molar-refractivity contribution is 7.26. The summed E-state index contributed by atoms with van der Waals surface area (Å²) in [5, 5.41) is 5.15. The highest BCUT2D eigenvalue weighted by Gasteiger charge is 2.46. The molecule has 0 saturated carbocycles. The van der Waals surface area contributed by atoms with Gasteiger partial charge in [0.1, 0.15) is 0 Å². The molecule has 1 aromatic heterocycles. The highest BCUT2D eigenvalue weighted by Crippen LogP contribution is 2.53. The Balaban J connectivity index is 1.31. The van der Waals surface area contributed by atoms with Crippen molar-refractivity contribution in [1.82, 2.24) is 0 Å². The second kappa shape index (κ2) is 12.7. The molecule has 2 aliphatic rings.